The molecule has 0 unspecified atom stereocenters. The number of carbonyl (C=O) groups is 1. The molecule has 0 aliphatic rings. The monoisotopic (exact) mass is 458 g/mol. The minimum Gasteiger partial charge on any atom is -0.496 e. The van der Waals surface area contributed by atoms with Gasteiger partial charge in [0.15, 0.2) is 0 Å². The highest BCUT2D eigenvalue weighted by molar-refractivity contribution is 7.92. The summed E-state index contributed by atoms with van der Waals surface area (Å²) in [6.45, 7) is 1.97. The number of anilines is 1. The van der Waals surface area contributed by atoms with Crippen molar-refractivity contribution in [3.8, 4) is 5.75 Å². The Morgan fingerprint density at radius 2 is 1.90 bits per heavy atom. The van der Waals surface area contributed by atoms with Gasteiger partial charge in [-0.05, 0) is 37.6 Å². The number of para-hydroxylation sites is 1. The van der Waals surface area contributed by atoms with E-state index in [0.29, 0.717) is 22.9 Å². The lowest BCUT2D eigenvalue weighted by Gasteiger charge is -2.24. The summed E-state index contributed by atoms with van der Waals surface area (Å²) >= 11 is 12.1. The van der Waals surface area contributed by atoms with Crippen molar-refractivity contribution in [2.45, 2.75) is 25.8 Å². The van der Waals surface area contributed by atoms with Crippen LogP contribution in [-0.2, 0) is 14.8 Å². The number of sulfonamides is 1. The van der Waals surface area contributed by atoms with E-state index in [2.05, 4.69) is 5.32 Å². The van der Waals surface area contributed by atoms with E-state index in [4.69, 9.17) is 27.9 Å². The largest absolute Gasteiger partial charge is 0.496 e. The Kier molecular flexibility index (Phi) is 8.19. The second kappa shape index (κ2) is 10.2. The van der Waals surface area contributed by atoms with Crippen LogP contribution in [0.4, 0.5) is 5.69 Å². The molecule has 0 spiro atoms. The normalized spacial score (nSPS) is 12.3. The molecule has 0 saturated carbocycles. The number of hydrogen-bond donors (Lipinski definition) is 1. The fourth-order valence-corrected chi connectivity index (χ4v) is 4.35. The van der Waals surface area contributed by atoms with Crippen LogP contribution in [0, 0.1) is 0 Å². The maximum absolute atomic E-state index is 12.3. The highest BCUT2D eigenvalue weighted by Crippen LogP contribution is 2.31. The Morgan fingerprint density at radius 3 is 2.55 bits per heavy atom. The van der Waals surface area contributed by atoms with E-state index < -0.39 is 10.0 Å². The lowest BCUT2D eigenvalue weighted by Crippen LogP contribution is -2.32. The average Bonchev–Trinajstić information content (AvgIpc) is 2.66. The third kappa shape index (κ3) is 6.52. The number of nitrogens with one attached hydrogen (secondary N) is 1. The van der Waals surface area contributed by atoms with E-state index in [-0.39, 0.29) is 29.9 Å². The summed E-state index contributed by atoms with van der Waals surface area (Å²) in [5.74, 6) is 0.508. The molecule has 9 heteroatoms. The number of hydrogen-bond acceptors (Lipinski definition) is 4. The zero-order valence-corrected chi connectivity index (χ0v) is 18.8. The van der Waals surface area contributed by atoms with Crippen molar-refractivity contribution in [2.75, 3.05) is 24.2 Å². The Morgan fingerprint density at radius 1 is 1.21 bits per heavy atom. The van der Waals surface area contributed by atoms with Crippen LogP contribution in [-0.4, -0.2) is 34.2 Å². The molecule has 0 radical (unpaired) electrons. The van der Waals surface area contributed by atoms with Crippen molar-refractivity contribution in [3.63, 3.8) is 0 Å². The molecule has 0 fully saturated rings. The molecule has 1 atom stereocenters. The van der Waals surface area contributed by atoms with Crippen LogP contribution in [0.3, 0.4) is 0 Å². The summed E-state index contributed by atoms with van der Waals surface area (Å²) in [4.78, 5) is 12.3. The van der Waals surface area contributed by atoms with E-state index >= 15 is 0 Å². The van der Waals surface area contributed by atoms with Crippen LogP contribution in [0.5, 0.6) is 5.75 Å². The van der Waals surface area contributed by atoms with E-state index in [1.54, 1.807) is 19.2 Å². The molecule has 0 aromatic heterocycles. The SMILES string of the molecule is COc1ccccc1[C@H](C)NC(=O)CCCN(c1cc(Cl)ccc1Cl)S(C)(=O)=O. The number of ether oxygens (including phenoxy) is 1. The molecule has 1 N–H and O–H groups in total. The van der Waals surface area contributed by atoms with Gasteiger partial charge in [-0.1, -0.05) is 41.4 Å². The number of methoxy groups -OCH3 is 1. The van der Waals surface area contributed by atoms with E-state index in [1.165, 1.54) is 6.07 Å². The van der Waals surface area contributed by atoms with Crippen LogP contribution in [0.25, 0.3) is 0 Å². The number of carbonyl (C=O) groups excluding carboxylic acids is 1. The lowest BCUT2D eigenvalue weighted by atomic mass is 10.1. The van der Waals surface area contributed by atoms with E-state index in [0.717, 1.165) is 16.1 Å². The van der Waals surface area contributed by atoms with Gasteiger partial charge in [-0.25, -0.2) is 8.42 Å². The molecule has 0 aliphatic heterocycles. The van der Waals surface area contributed by atoms with Crippen LogP contribution >= 0.6 is 23.2 Å². The van der Waals surface area contributed by atoms with Crippen LogP contribution in [0.1, 0.15) is 31.4 Å². The maximum Gasteiger partial charge on any atom is 0.232 e. The minimum absolute atomic E-state index is 0.107. The Hall–Kier alpha value is -1.96. The minimum atomic E-state index is -3.59. The second-order valence-electron chi connectivity index (χ2n) is 6.57. The highest BCUT2D eigenvalue weighted by atomic mass is 35.5. The first-order valence-electron chi connectivity index (χ1n) is 8.98. The molecule has 0 saturated heterocycles. The van der Waals surface area contributed by atoms with E-state index in [1.807, 2.05) is 31.2 Å². The molecule has 0 aliphatic carbocycles. The molecule has 0 heterocycles. The van der Waals surface area contributed by atoms with Crippen molar-refractivity contribution < 1.29 is 17.9 Å². The number of amides is 1. The summed E-state index contributed by atoms with van der Waals surface area (Å²) in [6, 6.07) is 11.8. The number of rotatable bonds is 9. The molecule has 0 bridgehead atoms. The van der Waals surface area contributed by atoms with Gasteiger partial charge in [-0.2, -0.15) is 0 Å². The van der Waals surface area contributed by atoms with Gasteiger partial charge in [0.1, 0.15) is 5.75 Å². The fourth-order valence-electron chi connectivity index (χ4n) is 2.94. The molecular formula is C20H24Cl2N2O4S. The topological polar surface area (TPSA) is 75.7 Å². The molecule has 2 aromatic rings. The molecule has 2 rings (SSSR count). The first-order chi connectivity index (χ1) is 13.6. The summed E-state index contributed by atoms with van der Waals surface area (Å²) in [5, 5.41) is 3.56. The van der Waals surface area contributed by atoms with Crippen LogP contribution in [0.2, 0.25) is 10.0 Å². The van der Waals surface area contributed by atoms with Gasteiger partial charge in [0.2, 0.25) is 15.9 Å². The zero-order chi connectivity index (χ0) is 21.6. The fraction of sp³-hybridized carbons (Fsp3) is 0.350. The smallest absolute Gasteiger partial charge is 0.232 e. The zero-order valence-electron chi connectivity index (χ0n) is 16.5. The van der Waals surface area contributed by atoms with E-state index in [9.17, 15) is 13.2 Å². The Bertz CT molecular complexity index is 967. The van der Waals surface area contributed by atoms with Crippen molar-refractivity contribution in [3.05, 3.63) is 58.1 Å². The molecule has 158 valence electrons. The summed E-state index contributed by atoms with van der Waals surface area (Å²) in [5.41, 5.74) is 1.16. The Balaban J connectivity index is 2.00. The summed E-state index contributed by atoms with van der Waals surface area (Å²) in [6.07, 6.45) is 1.57. The van der Waals surface area contributed by atoms with Gasteiger partial charge in [0.25, 0.3) is 0 Å². The summed E-state index contributed by atoms with van der Waals surface area (Å²) < 4.78 is 30.9. The third-order valence-corrected chi connectivity index (χ3v) is 6.06. The summed E-state index contributed by atoms with van der Waals surface area (Å²) in [7, 11) is -2.01. The van der Waals surface area contributed by atoms with Gasteiger partial charge in [-0.3, -0.25) is 9.10 Å². The third-order valence-electron chi connectivity index (χ3n) is 4.33. The highest BCUT2D eigenvalue weighted by Gasteiger charge is 2.21. The number of nitrogens with zero attached hydrogens (tertiary/aromatic N) is 1. The van der Waals surface area contributed by atoms with Gasteiger partial charge in [-0.15, -0.1) is 0 Å². The lowest BCUT2D eigenvalue weighted by molar-refractivity contribution is -0.121. The first kappa shape index (κ1) is 23.3. The van der Waals surface area contributed by atoms with Gasteiger partial charge in [0, 0.05) is 23.6 Å². The number of benzene rings is 2. The van der Waals surface area contributed by atoms with Gasteiger partial charge >= 0.3 is 0 Å². The van der Waals surface area contributed by atoms with Crippen LogP contribution < -0.4 is 14.4 Å². The molecule has 1 amide bonds. The molecule has 29 heavy (non-hydrogen) atoms. The average molecular weight is 459 g/mol. The standard InChI is InChI=1S/C20H24Cl2N2O4S/c1-14(16-7-4-5-8-19(16)28-2)23-20(25)9-6-12-24(29(3,26)27)18-13-15(21)10-11-17(18)22/h4-5,7-8,10-11,13-14H,6,9,12H2,1-3H3,(H,23,25)/t14-/m0/s1. The van der Waals surface area contributed by atoms with Crippen molar-refractivity contribution in [1.29, 1.82) is 0 Å². The molecule has 2 aromatic carbocycles. The predicted octanol–water partition coefficient (Wildman–Crippen LogP) is 4.43. The van der Waals surface area contributed by atoms with Crippen LogP contribution in [0.15, 0.2) is 42.5 Å². The predicted molar refractivity (Wildman–Crippen MR) is 117 cm³/mol. The quantitative estimate of drug-likeness (QED) is 0.602. The molecule has 6 nitrogen and oxygen atoms in total. The van der Waals surface area contributed by atoms with Gasteiger partial charge < -0.3 is 10.1 Å². The van der Waals surface area contributed by atoms with Crippen molar-refractivity contribution >= 4 is 44.8 Å². The van der Waals surface area contributed by atoms with Gasteiger partial charge in [0.05, 0.1) is 30.1 Å². The Labute approximate surface area is 181 Å². The first-order valence-corrected chi connectivity index (χ1v) is 11.6. The van der Waals surface area contributed by atoms with Crippen molar-refractivity contribution in [2.24, 2.45) is 0 Å². The second-order valence-corrected chi connectivity index (χ2v) is 9.32. The maximum atomic E-state index is 12.3. The number of halogens is 2. The molecular weight excluding hydrogens is 435 g/mol. The van der Waals surface area contributed by atoms with Crippen molar-refractivity contribution in [1.82, 2.24) is 5.32 Å².